The molecule has 0 aromatic heterocycles. The predicted octanol–water partition coefficient (Wildman–Crippen LogP) is 6.86. The van der Waals surface area contributed by atoms with Crippen molar-refractivity contribution in [1.82, 2.24) is 0 Å². The van der Waals surface area contributed by atoms with Crippen LogP contribution in [0.25, 0.3) is 0 Å². The van der Waals surface area contributed by atoms with Gasteiger partial charge in [-0.05, 0) is 51.4 Å². The van der Waals surface area contributed by atoms with Crippen LogP contribution in [0.15, 0.2) is 72.9 Å². The third kappa shape index (κ3) is 22.6. The van der Waals surface area contributed by atoms with Gasteiger partial charge in [-0.1, -0.05) is 79.8 Å². The molecule has 0 amide bonds. The average molecular weight is 378 g/mol. The molecule has 146 valence electrons. The van der Waals surface area contributed by atoms with Gasteiger partial charge in [-0.2, -0.15) is 0 Å². The van der Waals surface area contributed by atoms with Crippen molar-refractivity contribution in [2.45, 2.75) is 58.3 Å². The molecule has 4 heteroatoms. The fraction of sp³-hybridized carbons (Fsp3) is 0.455. The molecule has 0 saturated carbocycles. The minimum Gasteiger partial charge on any atom is -0.326 e. The monoisotopic (exact) mass is 378 g/mol. The molecule has 0 radical (unpaired) electrons. The van der Waals surface area contributed by atoms with Crippen molar-refractivity contribution in [2.24, 2.45) is 0 Å². The largest absolute Gasteiger partial charge is 0.326 e. The zero-order valence-corrected chi connectivity index (χ0v) is 17.1. The minimum atomic E-state index is -2.76. The summed E-state index contributed by atoms with van der Waals surface area (Å²) >= 11 is 0. The first-order chi connectivity index (χ1) is 12.8. The van der Waals surface area contributed by atoms with Gasteiger partial charge in [-0.15, -0.1) is 0 Å². The van der Waals surface area contributed by atoms with Gasteiger partial charge in [-0.25, -0.2) is 0 Å². The Bertz CT molecular complexity index is 500. The number of unbranched alkanes of at least 4 members (excludes halogenated alkanes) is 1. The van der Waals surface area contributed by atoms with Crippen LogP contribution in [0.5, 0.6) is 0 Å². The van der Waals surface area contributed by atoms with Crippen molar-refractivity contribution in [3.8, 4) is 0 Å². The minimum absolute atomic E-state index is 0.348. The van der Waals surface area contributed by atoms with Crippen molar-refractivity contribution in [3.05, 3.63) is 72.9 Å². The van der Waals surface area contributed by atoms with Crippen molar-refractivity contribution in [1.29, 1.82) is 0 Å². The maximum absolute atomic E-state index is 10.3. The Balaban J connectivity index is 3.48. The van der Waals surface area contributed by atoms with E-state index in [1.54, 1.807) is 0 Å². The molecule has 0 aliphatic rings. The van der Waals surface area contributed by atoms with Gasteiger partial charge in [0.25, 0.3) is 0 Å². The lowest BCUT2D eigenvalue weighted by Gasteiger charge is -1.95. The summed E-state index contributed by atoms with van der Waals surface area (Å²) in [5.74, 6) is 0. The van der Waals surface area contributed by atoms with E-state index in [0.29, 0.717) is 6.61 Å². The lowest BCUT2D eigenvalue weighted by atomic mass is 10.2. The average Bonchev–Trinajstić information content (AvgIpc) is 2.62. The van der Waals surface area contributed by atoms with Crippen LogP contribution in [-0.2, 0) is 9.09 Å². The zero-order chi connectivity index (χ0) is 19.1. The van der Waals surface area contributed by atoms with Crippen LogP contribution >= 0.6 is 8.25 Å². The summed E-state index contributed by atoms with van der Waals surface area (Å²) in [6, 6.07) is 0. The third-order valence-electron chi connectivity index (χ3n) is 3.34. The molecule has 1 atom stereocenters. The first kappa shape index (κ1) is 24.6. The molecule has 0 aromatic carbocycles. The molecule has 1 unspecified atom stereocenters. The molecule has 0 saturated heterocycles. The second kappa shape index (κ2) is 21.6. The summed E-state index contributed by atoms with van der Waals surface area (Å²) in [7, 11) is -2.76. The first-order valence-corrected chi connectivity index (χ1v) is 10.8. The molecule has 0 aliphatic carbocycles. The summed E-state index contributed by atoms with van der Waals surface area (Å²) in [5, 5.41) is 0. The van der Waals surface area contributed by atoms with Gasteiger partial charge < -0.3 is 9.42 Å². The Hall–Kier alpha value is -1.41. The normalized spacial score (nSPS) is 14.4. The van der Waals surface area contributed by atoms with E-state index in [4.69, 9.17) is 4.89 Å². The van der Waals surface area contributed by atoms with Crippen molar-refractivity contribution < 1.29 is 14.0 Å². The van der Waals surface area contributed by atoms with Gasteiger partial charge in [0.05, 0.1) is 6.61 Å². The lowest BCUT2D eigenvalue weighted by molar-refractivity contribution is 0.278. The second-order valence-corrected chi connectivity index (χ2v) is 6.49. The smallest absolute Gasteiger partial charge is 0.316 e. The molecular formula is C22H35O3P. The highest BCUT2D eigenvalue weighted by Gasteiger charge is 1.89. The SMILES string of the molecule is CC/C=C\C/C=C\C/C=C\C/C=C\C/C=C\C/C=C\CCCO[PH](=O)O. The van der Waals surface area contributed by atoms with Crippen LogP contribution in [0, 0.1) is 0 Å². The first-order valence-electron chi connectivity index (χ1n) is 9.53. The summed E-state index contributed by atoms with van der Waals surface area (Å²) in [4.78, 5) is 8.49. The van der Waals surface area contributed by atoms with E-state index in [1.807, 2.05) is 0 Å². The molecule has 0 aliphatic heterocycles. The number of rotatable bonds is 16. The Kier molecular flexibility index (Phi) is 20.5. The summed E-state index contributed by atoms with van der Waals surface area (Å²) in [5.41, 5.74) is 0. The van der Waals surface area contributed by atoms with Gasteiger partial charge >= 0.3 is 8.25 Å². The molecule has 3 nitrogen and oxygen atoms in total. The van der Waals surface area contributed by atoms with E-state index in [9.17, 15) is 4.57 Å². The number of hydrogen-bond acceptors (Lipinski definition) is 2. The summed E-state index contributed by atoms with van der Waals surface area (Å²) in [6.45, 7) is 2.50. The van der Waals surface area contributed by atoms with E-state index >= 15 is 0 Å². The van der Waals surface area contributed by atoms with Gasteiger partial charge in [0.1, 0.15) is 0 Å². The lowest BCUT2D eigenvalue weighted by Crippen LogP contribution is -1.84. The summed E-state index contributed by atoms with van der Waals surface area (Å²) in [6.07, 6.45) is 33.8. The Morgan fingerprint density at radius 2 is 1.08 bits per heavy atom. The molecule has 0 rings (SSSR count). The van der Waals surface area contributed by atoms with E-state index in [-0.39, 0.29) is 0 Å². The predicted molar refractivity (Wildman–Crippen MR) is 115 cm³/mol. The van der Waals surface area contributed by atoms with Crippen LogP contribution in [0.1, 0.15) is 58.3 Å². The molecule has 0 fully saturated rings. The Morgan fingerprint density at radius 1 is 0.692 bits per heavy atom. The fourth-order valence-corrected chi connectivity index (χ4v) is 2.32. The van der Waals surface area contributed by atoms with Crippen LogP contribution < -0.4 is 0 Å². The molecule has 0 heterocycles. The van der Waals surface area contributed by atoms with Crippen LogP contribution in [0.4, 0.5) is 0 Å². The maximum Gasteiger partial charge on any atom is 0.316 e. The van der Waals surface area contributed by atoms with E-state index < -0.39 is 8.25 Å². The molecule has 0 aromatic rings. The molecular weight excluding hydrogens is 343 g/mol. The molecule has 0 bridgehead atoms. The van der Waals surface area contributed by atoms with Gasteiger partial charge in [0.2, 0.25) is 0 Å². The quantitative estimate of drug-likeness (QED) is 0.181. The third-order valence-corrected chi connectivity index (χ3v) is 3.79. The summed E-state index contributed by atoms with van der Waals surface area (Å²) < 4.78 is 14.9. The topological polar surface area (TPSA) is 46.5 Å². The standard InChI is InChI=1S/C22H35O3P/c1-2-3-4-5-6-7-8-9-10-11-12-13-14-15-16-17-18-19-20-21-22-25-26(23)24/h3-4,6-7,9-10,12-13,15-16,18-19,26H,2,5,8,11,14,17,20-22H2,1H3,(H,23,24)/b4-3-,7-6-,10-9-,13-12-,16-15-,19-18-. The number of hydrogen-bond donors (Lipinski definition) is 1. The van der Waals surface area contributed by atoms with E-state index in [1.165, 1.54) is 0 Å². The van der Waals surface area contributed by atoms with Crippen molar-refractivity contribution in [2.75, 3.05) is 6.61 Å². The molecule has 26 heavy (non-hydrogen) atoms. The van der Waals surface area contributed by atoms with Crippen LogP contribution in [0.2, 0.25) is 0 Å². The van der Waals surface area contributed by atoms with Crippen LogP contribution in [-0.4, -0.2) is 11.5 Å². The van der Waals surface area contributed by atoms with Crippen molar-refractivity contribution in [3.63, 3.8) is 0 Å². The Morgan fingerprint density at radius 3 is 1.46 bits per heavy atom. The van der Waals surface area contributed by atoms with Gasteiger partial charge in [-0.3, -0.25) is 4.57 Å². The number of allylic oxidation sites excluding steroid dienone is 12. The maximum atomic E-state index is 10.3. The Labute approximate surface area is 160 Å². The van der Waals surface area contributed by atoms with E-state index in [2.05, 4.69) is 84.4 Å². The van der Waals surface area contributed by atoms with Gasteiger partial charge in [0.15, 0.2) is 0 Å². The van der Waals surface area contributed by atoms with Gasteiger partial charge in [0, 0.05) is 0 Å². The highest BCUT2D eigenvalue weighted by Crippen LogP contribution is 2.14. The van der Waals surface area contributed by atoms with Crippen LogP contribution in [0.3, 0.4) is 0 Å². The highest BCUT2D eigenvalue weighted by atomic mass is 31.1. The molecule has 0 spiro atoms. The fourth-order valence-electron chi connectivity index (χ4n) is 2.00. The highest BCUT2D eigenvalue weighted by molar-refractivity contribution is 7.32. The second-order valence-electron chi connectivity index (χ2n) is 5.67. The van der Waals surface area contributed by atoms with Crippen molar-refractivity contribution >= 4 is 8.25 Å². The zero-order valence-electron chi connectivity index (χ0n) is 16.1. The van der Waals surface area contributed by atoms with E-state index in [0.717, 1.165) is 51.4 Å². The molecule has 1 N–H and O–H groups in total.